The van der Waals surface area contributed by atoms with Crippen LogP contribution in [0.2, 0.25) is 0 Å². The predicted octanol–water partition coefficient (Wildman–Crippen LogP) is 4.22. The summed E-state index contributed by atoms with van der Waals surface area (Å²) in [6, 6.07) is 3.73. The third-order valence-corrected chi connectivity index (χ3v) is 5.27. The van der Waals surface area contributed by atoms with Crippen LogP contribution in [0, 0.1) is 5.92 Å². The summed E-state index contributed by atoms with van der Waals surface area (Å²) in [7, 11) is 3.21. The minimum Gasteiger partial charge on any atom is -0.493 e. The van der Waals surface area contributed by atoms with Crippen molar-refractivity contribution in [1.82, 2.24) is 4.98 Å². The highest BCUT2D eigenvalue weighted by Crippen LogP contribution is 2.36. The number of carbonyl (C=O) groups excluding carboxylic acids is 1. The minimum absolute atomic E-state index is 0.0647. The van der Waals surface area contributed by atoms with Crippen LogP contribution in [0.1, 0.15) is 38.5 Å². The van der Waals surface area contributed by atoms with Crippen molar-refractivity contribution < 1.29 is 14.3 Å². The molecule has 1 saturated carbocycles. The Bertz CT molecular complexity index is 651. The standard InChI is InChI=1S/C17H22N2O3S/c1-21-13-9-12-15(10-14(13)22-2)23-17(18-12)19-16(20)8-11-6-4-3-5-7-11/h9-11H,3-8H2,1-2H3,(H,18,19,20). The van der Waals surface area contributed by atoms with Gasteiger partial charge in [0.15, 0.2) is 16.6 Å². The van der Waals surface area contributed by atoms with E-state index in [1.165, 1.54) is 43.4 Å². The molecule has 0 unspecified atom stereocenters. The highest BCUT2D eigenvalue weighted by Gasteiger charge is 2.18. The fourth-order valence-corrected chi connectivity index (χ4v) is 4.02. The number of benzene rings is 1. The van der Waals surface area contributed by atoms with Gasteiger partial charge in [-0.3, -0.25) is 4.79 Å². The maximum Gasteiger partial charge on any atom is 0.226 e. The molecule has 1 fully saturated rings. The Morgan fingerprint density at radius 2 is 1.91 bits per heavy atom. The molecule has 1 aromatic heterocycles. The first kappa shape index (κ1) is 16.1. The molecular formula is C17H22N2O3S. The van der Waals surface area contributed by atoms with Crippen molar-refractivity contribution >= 4 is 32.6 Å². The van der Waals surface area contributed by atoms with Gasteiger partial charge in [-0.2, -0.15) is 0 Å². The van der Waals surface area contributed by atoms with E-state index in [1.807, 2.05) is 12.1 Å². The maximum atomic E-state index is 12.2. The Morgan fingerprint density at radius 1 is 1.22 bits per heavy atom. The van der Waals surface area contributed by atoms with Gasteiger partial charge in [-0.15, -0.1) is 0 Å². The quantitative estimate of drug-likeness (QED) is 0.889. The Kier molecular flexibility index (Phi) is 5.00. The van der Waals surface area contributed by atoms with E-state index in [0.717, 1.165) is 10.2 Å². The number of methoxy groups -OCH3 is 2. The number of hydrogen-bond donors (Lipinski definition) is 1. The minimum atomic E-state index is 0.0647. The lowest BCUT2D eigenvalue weighted by atomic mass is 9.87. The number of carbonyl (C=O) groups is 1. The molecule has 0 saturated heterocycles. The number of amides is 1. The Labute approximate surface area is 140 Å². The number of fused-ring (bicyclic) bond motifs is 1. The molecule has 0 spiro atoms. The monoisotopic (exact) mass is 334 g/mol. The van der Waals surface area contributed by atoms with Gasteiger partial charge in [-0.1, -0.05) is 30.6 Å². The van der Waals surface area contributed by atoms with E-state index in [-0.39, 0.29) is 5.91 Å². The lowest BCUT2D eigenvalue weighted by Gasteiger charge is -2.20. The molecule has 0 aliphatic heterocycles. The van der Waals surface area contributed by atoms with Crippen LogP contribution in [0.3, 0.4) is 0 Å². The van der Waals surface area contributed by atoms with Gasteiger partial charge < -0.3 is 14.8 Å². The first-order valence-electron chi connectivity index (χ1n) is 8.02. The molecule has 1 aliphatic carbocycles. The molecule has 1 aliphatic rings. The predicted molar refractivity (Wildman–Crippen MR) is 92.5 cm³/mol. The lowest BCUT2D eigenvalue weighted by molar-refractivity contribution is -0.117. The first-order chi connectivity index (χ1) is 11.2. The van der Waals surface area contributed by atoms with Crippen molar-refractivity contribution in [2.75, 3.05) is 19.5 Å². The van der Waals surface area contributed by atoms with Crippen LogP contribution in [0.5, 0.6) is 11.5 Å². The van der Waals surface area contributed by atoms with E-state index < -0.39 is 0 Å². The smallest absolute Gasteiger partial charge is 0.226 e. The lowest BCUT2D eigenvalue weighted by Crippen LogP contribution is -2.18. The second-order valence-corrected chi connectivity index (χ2v) is 6.98. The molecule has 1 heterocycles. The highest BCUT2D eigenvalue weighted by molar-refractivity contribution is 7.22. The van der Waals surface area contributed by atoms with Crippen molar-refractivity contribution in [3.8, 4) is 11.5 Å². The Balaban J connectivity index is 1.71. The number of nitrogens with one attached hydrogen (secondary N) is 1. The molecular weight excluding hydrogens is 312 g/mol. The van der Waals surface area contributed by atoms with E-state index >= 15 is 0 Å². The van der Waals surface area contributed by atoms with Crippen LogP contribution < -0.4 is 14.8 Å². The summed E-state index contributed by atoms with van der Waals surface area (Å²) in [5, 5.41) is 3.58. The second-order valence-electron chi connectivity index (χ2n) is 5.95. The van der Waals surface area contributed by atoms with Crippen LogP contribution >= 0.6 is 11.3 Å². The van der Waals surface area contributed by atoms with Crippen LogP contribution in [0.15, 0.2) is 12.1 Å². The van der Waals surface area contributed by atoms with E-state index in [9.17, 15) is 4.79 Å². The topological polar surface area (TPSA) is 60.5 Å². The molecule has 124 valence electrons. The van der Waals surface area contributed by atoms with Crippen molar-refractivity contribution in [2.24, 2.45) is 5.92 Å². The first-order valence-corrected chi connectivity index (χ1v) is 8.83. The molecule has 1 amide bonds. The fraction of sp³-hybridized carbons (Fsp3) is 0.529. The molecule has 1 aromatic carbocycles. The molecule has 23 heavy (non-hydrogen) atoms. The van der Waals surface area contributed by atoms with Crippen molar-refractivity contribution in [2.45, 2.75) is 38.5 Å². The van der Waals surface area contributed by atoms with E-state index in [2.05, 4.69) is 10.3 Å². The van der Waals surface area contributed by atoms with E-state index in [4.69, 9.17) is 9.47 Å². The van der Waals surface area contributed by atoms with Crippen molar-refractivity contribution in [3.63, 3.8) is 0 Å². The van der Waals surface area contributed by atoms with E-state index in [0.29, 0.717) is 29.0 Å². The number of aromatic nitrogens is 1. The van der Waals surface area contributed by atoms with Gasteiger partial charge in [0, 0.05) is 18.6 Å². The molecule has 3 rings (SSSR count). The van der Waals surface area contributed by atoms with Crippen molar-refractivity contribution in [3.05, 3.63) is 12.1 Å². The molecule has 0 atom stereocenters. The number of thiazole rings is 1. The fourth-order valence-electron chi connectivity index (χ4n) is 3.13. The zero-order valence-corrected chi connectivity index (χ0v) is 14.4. The maximum absolute atomic E-state index is 12.2. The van der Waals surface area contributed by atoms with Crippen molar-refractivity contribution in [1.29, 1.82) is 0 Å². The van der Waals surface area contributed by atoms with Crippen LogP contribution in [0.25, 0.3) is 10.2 Å². The second kappa shape index (κ2) is 7.17. The van der Waals surface area contributed by atoms with Gasteiger partial charge in [0.05, 0.1) is 24.4 Å². The molecule has 2 aromatic rings. The number of ether oxygens (including phenoxy) is 2. The Morgan fingerprint density at radius 3 is 2.61 bits per heavy atom. The summed E-state index contributed by atoms with van der Waals surface area (Å²) in [6.07, 6.45) is 6.74. The third kappa shape index (κ3) is 3.75. The molecule has 5 nitrogen and oxygen atoms in total. The van der Waals surface area contributed by atoms with Crippen LogP contribution in [-0.2, 0) is 4.79 Å². The summed E-state index contributed by atoms with van der Waals surface area (Å²) < 4.78 is 11.6. The van der Waals surface area contributed by atoms with Gasteiger partial charge in [0.2, 0.25) is 5.91 Å². The van der Waals surface area contributed by atoms with Gasteiger partial charge >= 0.3 is 0 Å². The zero-order valence-electron chi connectivity index (χ0n) is 13.6. The number of anilines is 1. The summed E-state index contributed by atoms with van der Waals surface area (Å²) in [5.74, 6) is 1.90. The van der Waals surface area contributed by atoms with Gasteiger partial charge in [0.25, 0.3) is 0 Å². The zero-order chi connectivity index (χ0) is 16.2. The average Bonchev–Trinajstić information content (AvgIpc) is 2.95. The van der Waals surface area contributed by atoms with Crippen LogP contribution in [0.4, 0.5) is 5.13 Å². The molecule has 0 bridgehead atoms. The van der Waals surface area contributed by atoms with Gasteiger partial charge in [-0.05, 0) is 18.8 Å². The SMILES string of the molecule is COc1cc2nc(NC(=O)CC3CCCCC3)sc2cc1OC. The summed E-state index contributed by atoms with van der Waals surface area (Å²) in [4.78, 5) is 16.7. The highest BCUT2D eigenvalue weighted by atomic mass is 32.1. The summed E-state index contributed by atoms with van der Waals surface area (Å²) in [6.45, 7) is 0. The number of hydrogen-bond acceptors (Lipinski definition) is 5. The molecule has 6 heteroatoms. The van der Waals surface area contributed by atoms with Gasteiger partial charge in [0.1, 0.15) is 0 Å². The summed E-state index contributed by atoms with van der Waals surface area (Å²) in [5.41, 5.74) is 0.806. The number of nitrogens with zero attached hydrogens (tertiary/aromatic N) is 1. The van der Waals surface area contributed by atoms with Crippen LogP contribution in [-0.4, -0.2) is 25.1 Å². The molecule has 0 radical (unpaired) electrons. The Hall–Kier alpha value is -1.82. The molecule has 1 N–H and O–H groups in total. The van der Waals surface area contributed by atoms with E-state index in [1.54, 1.807) is 14.2 Å². The largest absolute Gasteiger partial charge is 0.493 e. The average molecular weight is 334 g/mol. The number of rotatable bonds is 5. The normalized spacial score (nSPS) is 15.6. The summed E-state index contributed by atoms with van der Waals surface area (Å²) >= 11 is 1.46. The third-order valence-electron chi connectivity index (χ3n) is 4.34. The van der Waals surface area contributed by atoms with Gasteiger partial charge in [-0.25, -0.2) is 4.98 Å².